The normalized spacial score (nSPS) is 22.7. The van der Waals surface area contributed by atoms with Crippen LogP contribution in [0.5, 0.6) is 5.88 Å². The van der Waals surface area contributed by atoms with Gasteiger partial charge in [-0.05, 0) is 39.5 Å². The van der Waals surface area contributed by atoms with E-state index in [4.69, 9.17) is 10.5 Å². The lowest BCUT2D eigenvalue weighted by Gasteiger charge is -2.32. The van der Waals surface area contributed by atoms with E-state index in [9.17, 15) is 0 Å². The van der Waals surface area contributed by atoms with Gasteiger partial charge in [0, 0.05) is 24.3 Å². The van der Waals surface area contributed by atoms with Crippen LogP contribution >= 0.6 is 0 Å². The van der Waals surface area contributed by atoms with Crippen LogP contribution in [0.25, 0.3) is 0 Å². The third kappa shape index (κ3) is 3.57. The van der Waals surface area contributed by atoms with Gasteiger partial charge in [0.2, 0.25) is 11.8 Å². The molecule has 1 saturated carbocycles. The first kappa shape index (κ1) is 13.1. The average Bonchev–Trinajstić information content (AvgIpc) is 2.21. The summed E-state index contributed by atoms with van der Waals surface area (Å²) in [5.41, 5.74) is 6.67. The van der Waals surface area contributed by atoms with Crippen LogP contribution in [0.4, 0.5) is 5.95 Å². The Morgan fingerprint density at radius 1 is 1.44 bits per heavy atom. The number of nitrogens with two attached hydrogens (primary N) is 1. The summed E-state index contributed by atoms with van der Waals surface area (Å²) in [7, 11) is 0. The van der Waals surface area contributed by atoms with E-state index < -0.39 is 0 Å². The van der Waals surface area contributed by atoms with Crippen molar-refractivity contribution in [1.29, 1.82) is 0 Å². The van der Waals surface area contributed by atoms with Crippen LogP contribution in [0, 0.1) is 12.8 Å². The molecule has 1 aromatic rings. The van der Waals surface area contributed by atoms with Crippen molar-refractivity contribution in [3.05, 3.63) is 11.8 Å². The Morgan fingerprint density at radius 2 is 2.17 bits per heavy atom. The lowest BCUT2D eigenvalue weighted by Crippen LogP contribution is -2.39. The second-order valence-electron chi connectivity index (χ2n) is 5.32. The van der Waals surface area contributed by atoms with Gasteiger partial charge in [-0.3, -0.25) is 0 Å². The smallest absolute Gasteiger partial charge is 0.226 e. The number of ether oxygens (including phenoxy) is 1. The largest absolute Gasteiger partial charge is 0.475 e. The number of aromatic nitrogens is 2. The van der Waals surface area contributed by atoms with Gasteiger partial charge in [-0.2, -0.15) is 4.98 Å². The molecule has 18 heavy (non-hydrogen) atoms. The van der Waals surface area contributed by atoms with Crippen molar-refractivity contribution in [2.45, 2.75) is 45.8 Å². The topological polar surface area (TPSA) is 73.1 Å². The molecule has 1 aliphatic rings. The Bertz CT molecular complexity index is 402. The number of anilines is 1. The molecule has 2 rings (SSSR count). The fraction of sp³-hybridized carbons (Fsp3) is 0.692. The zero-order chi connectivity index (χ0) is 13.1. The van der Waals surface area contributed by atoms with Crippen molar-refractivity contribution in [2.24, 2.45) is 11.7 Å². The zero-order valence-electron chi connectivity index (χ0n) is 11.3. The molecule has 0 atom stereocenters. The zero-order valence-corrected chi connectivity index (χ0v) is 11.3. The minimum atomic E-state index is 0.122. The highest BCUT2D eigenvalue weighted by Crippen LogP contribution is 2.25. The molecule has 0 aliphatic heterocycles. The second kappa shape index (κ2) is 5.52. The summed E-state index contributed by atoms with van der Waals surface area (Å²) in [6.07, 6.45) is 2.30. The van der Waals surface area contributed by atoms with Crippen LogP contribution in [0.3, 0.4) is 0 Å². The first-order valence-electron chi connectivity index (χ1n) is 6.54. The summed E-state index contributed by atoms with van der Waals surface area (Å²) in [6, 6.07) is 2.24. The minimum absolute atomic E-state index is 0.122. The molecule has 5 heteroatoms. The van der Waals surface area contributed by atoms with E-state index in [-0.39, 0.29) is 6.10 Å². The summed E-state index contributed by atoms with van der Waals surface area (Å²) in [5, 5.41) is 3.26. The standard InChI is InChI=1S/C13H22N4O/c1-8(2)18-12-4-9(3)16-13(17-12)15-7-10-5-11(14)6-10/h4,8,10-11H,5-7,14H2,1-3H3,(H,15,16,17). The maximum Gasteiger partial charge on any atom is 0.226 e. The molecule has 1 aromatic heterocycles. The van der Waals surface area contributed by atoms with Crippen molar-refractivity contribution >= 4 is 5.95 Å². The number of nitrogens with zero attached hydrogens (tertiary/aromatic N) is 2. The summed E-state index contributed by atoms with van der Waals surface area (Å²) >= 11 is 0. The van der Waals surface area contributed by atoms with E-state index in [1.807, 2.05) is 26.8 Å². The average molecular weight is 250 g/mol. The Morgan fingerprint density at radius 3 is 2.78 bits per heavy atom. The number of hydrogen-bond donors (Lipinski definition) is 2. The van der Waals surface area contributed by atoms with Gasteiger partial charge in [0.25, 0.3) is 0 Å². The third-order valence-electron chi connectivity index (χ3n) is 3.01. The van der Waals surface area contributed by atoms with Gasteiger partial charge in [-0.1, -0.05) is 0 Å². The van der Waals surface area contributed by atoms with Gasteiger partial charge >= 0.3 is 0 Å². The molecule has 100 valence electrons. The fourth-order valence-corrected chi connectivity index (χ4v) is 2.11. The van der Waals surface area contributed by atoms with Gasteiger partial charge in [-0.25, -0.2) is 4.98 Å². The SMILES string of the molecule is Cc1cc(OC(C)C)nc(NCC2CC(N)C2)n1. The highest BCUT2D eigenvalue weighted by molar-refractivity contribution is 5.30. The lowest BCUT2D eigenvalue weighted by atomic mass is 9.81. The molecule has 0 bridgehead atoms. The predicted octanol–water partition coefficient (Wildman–Crippen LogP) is 1.72. The van der Waals surface area contributed by atoms with E-state index in [2.05, 4.69) is 15.3 Å². The maximum atomic E-state index is 5.76. The van der Waals surface area contributed by atoms with Crippen molar-refractivity contribution < 1.29 is 4.74 Å². The summed E-state index contributed by atoms with van der Waals surface area (Å²) < 4.78 is 5.59. The van der Waals surface area contributed by atoms with Gasteiger partial charge < -0.3 is 15.8 Å². The van der Waals surface area contributed by atoms with Crippen LogP contribution < -0.4 is 15.8 Å². The quantitative estimate of drug-likeness (QED) is 0.832. The number of nitrogens with one attached hydrogen (secondary N) is 1. The van der Waals surface area contributed by atoms with Crippen molar-refractivity contribution in [2.75, 3.05) is 11.9 Å². The van der Waals surface area contributed by atoms with Crippen LogP contribution in [-0.4, -0.2) is 28.7 Å². The summed E-state index contributed by atoms with van der Waals surface area (Å²) in [6.45, 7) is 6.80. The van der Waals surface area contributed by atoms with E-state index in [0.29, 0.717) is 23.8 Å². The molecule has 0 unspecified atom stereocenters. The van der Waals surface area contributed by atoms with Gasteiger partial charge in [0.05, 0.1) is 6.10 Å². The Hall–Kier alpha value is -1.36. The summed E-state index contributed by atoms with van der Waals surface area (Å²) in [5.74, 6) is 1.93. The molecule has 0 saturated heterocycles. The molecule has 0 radical (unpaired) electrons. The maximum absolute atomic E-state index is 5.76. The molecule has 0 spiro atoms. The molecular weight excluding hydrogens is 228 g/mol. The molecular formula is C13H22N4O. The molecule has 1 aliphatic carbocycles. The number of aryl methyl sites for hydroxylation is 1. The van der Waals surface area contributed by atoms with Crippen molar-refractivity contribution in [3.63, 3.8) is 0 Å². The molecule has 1 heterocycles. The van der Waals surface area contributed by atoms with Crippen LogP contribution in [0.2, 0.25) is 0 Å². The third-order valence-corrected chi connectivity index (χ3v) is 3.01. The van der Waals surface area contributed by atoms with E-state index >= 15 is 0 Å². The van der Waals surface area contributed by atoms with Crippen LogP contribution in [0.15, 0.2) is 6.07 Å². The Kier molecular flexibility index (Phi) is 4.01. The second-order valence-corrected chi connectivity index (χ2v) is 5.32. The van der Waals surface area contributed by atoms with Gasteiger partial charge in [-0.15, -0.1) is 0 Å². The summed E-state index contributed by atoms with van der Waals surface area (Å²) in [4.78, 5) is 8.70. The predicted molar refractivity (Wildman–Crippen MR) is 71.7 cm³/mol. The molecule has 3 N–H and O–H groups in total. The molecule has 0 aromatic carbocycles. The fourth-order valence-electron chi connectivity index (χ4n) is 2.11. The molecule has 1 fully saturated rings. The first-order valence-corrected chi connectivity index (χ1v) is 6.54. The number of rotatable bonds is 5. The van der Waals surface area contributed by atoms with Gasteiger partial charge in [0.15, 0.2) is 0 Å². The lowest BCUT2D eigenvalue weighted by molar-refractivity contribution is 0.232. The Balaban J connectivity index is 1.92. The Labute approximate surface area is 108 Å². The van der Waals surface area contributed by atoms with E-state index in [1.54, 1.807) is 0 Å². The first-order chi connectivity index (χ1) is 8.52. The highest BCUT2D eigenvalue weighted by Gasteiger charge is 2.25. The van der Waals surface area contributed by atoms with Crippen LogP contribution in [-0.2, 0) is 0 Å². The van der Waals surface area contributed by atoms with E-state index in [0.717, 1.165) is 25.1 Å². The van der Waals surface area contributed by atoms with Gasteiger partial charge in [0.1, 0.15) is 0 Å². The van der Waals surface area contributed by atoms with Crippen molar-refractivity contribution in [1.82, 2.24) is 9.97 Å². The van der Waals surface area contributed by atoms with Crippen molar-refractivity contribution in [3.8, 4) is 5.88 Å². The van der Waals surface area contributed by atoms with Crippen LogP contribution in [0.1, 0.15) is 32.4 Å². The molecule has 0 amide bonds. The minimum Gasteiger partial charge on any atom is -0.475 e. The van der Waals surface area contributed by atoms with E-state index in [1.165, 1.54) is 0 Å². The monoisotopic (exact) mass is 250 g/mol. The number of hydrogen-bond acceptors (Lipinski definition) is 5. The highest BCUT2D eigenvalue weighted by atomic mass is 16.5. The molecule has 5 nitrogen and oxygen atoms in total.